The molecule has 3 aromatic heterocycles. The molecular formula is C11H7N3O3. The van der Waals surface area contributed by atoms with Crippen molar-refractivity contribution >= 4 is 11.6 Å². The van der Waals surface area contributed by atoms with Gasteiger partial charge in [-0.3, -0.25) is 0 Å². The molecule has 84 valence electrons. The first-order valence-corrected chi connectivity index (χ1v) is 4.86. The van der Waals surface area contributed by atoms with E-state index in [1.807, 2.05) is 0 Å². The first-order chi connectivity index (χ1) is 8.25. The maximum absolute atomic E-state index is 11.0. The topological polar surface area (TPSA) is 80.6 Å². The summed E-state index contributed by atoms with van der Waals surface area (Å²) in [4.78, 5) is 19.0. The fourth-order valence-corrected chi connectivity index (χ4v) is 1.61. The van der Waals surface area contributed by atoms with Gasteiger partial charge in [-0.25, -0.2) is 14.8 Å². The number of imidazole rings is 1. The molecule has 0 aliphatic rings. The Kier molecular flexibility index (Phi) is 1.94. The summed E-state index contributed by atoms with van der Waals surface area (Å²) < 4.78 is 6.81. The number of furan rings is 1. The molecule has 1 N–H and O–H groups in total. The van der Waals surface area contributed by atoms with E-state index in [9.17, 15) is 4.79 Å². The number of aromatic carboxylic acids is 1. The minimum absolute atomic E-state index is 0.0784. The second kappa shape index (κ2) is 3.44. The Bertz CT molecular complexity index is 685. The second-order valence-corrected chi connectivity index (χ2v) is 3.42. The van der Waals surface area contributed by atoms with Crippen molar-refractivity contribution in [1.29, 1.82) is 0 Å². The number of fused-ring (bicyclic) bond motifs is 1. The first kappa shape index (κ1) is 9.59. The number of hydrogen-bond donors (Lipinski definition) is 1. The highest BCUT2D eigenvalue weighted by atomic mass is 16.4. The van der Waals surface area contributed by atoms with Crippen LogP contribution in [0.5, 0.6) is 0 Å². The van der Waals surface area contributed by atoms with E-state index in [0.29, 0.717) is 17.1 Å². The van der Waals surface area contributed by atoms with Crippen molar-refractivity contribution in [3.05, 3.63) is 42.7 Å². The Morgan fingerprint density at radius 1 is 1.47 bits per heavy atom. The summed E-state index contributed by atoms with van der Waals surface area (Å²) >= 11 is 0. The third kappa shape index (κ3) is 1.46. The molecule has 6 heteroatoms. The summed E-state index contributed by atoms with van der Waals surface area (Å²) in [5.41, 5.74) is 0.794. The van der Waals surface area contributed by atoms with Crippen LogP contribution in [0.25, 0.3) is 17.1 Å². The van der Waals surface area contributed by atoms with Gasteiger partial charge < -0.3 is 13.9 Å². The molecule has 3 heterocycles. The first-order valence-electron chi connectivity index (χ1n) is 4.86. The number of rotatable bonds is 2. The van der Waals surface area contributed by atoms with Crippen molar-refractivity contribution in [2.75, 3.05) is 0 Å². The van der Waals surface area contributed by atoms with Crippen LogP contribution in [0.1, 0.15) is 10.5 Å². The number of carboxylic acid groups (broad SMARTS) is 1. The lowest BCUT2D eigenvalue weighted by atomic mass is 10.4. The third-order valence-corrected chi connectivity index (χ3v) is 2.35. The van der Waals surface area contributed by atoms with Crippen molar-refractivity contribution in [2.24, 2.45) is 0 Å². The van der Waals surface area contributed by atoms with E-state index >= 15 is 0 Å². The Balaban J connectivity index is 2.26. The Labute approximate surface area is 95.2 Å². The summed E-state index contributed by atoms with van der Waals surface area (Å²) in [6.45, 7) is 0. The van der Waals surface area contributed by atoms with Crippen LogP contribution in [0.2, 0.25) is 0 Å². The van der Waals surface area contributed by atoms with Gasteiger partial charge in [-0.1, -0.05) is 0 Å². The fourth-order valence-electron chi connectivity index (χ4n) is 1.61. The number of nitrogens with zero attached hydrogens (tertiary/aromatic N) is 3. The molecule has 0 aliphatic heterocycles. The van der Waals surface area contributed by atoms with Gasteiger partial charge >= 0.3 is 5.97 Å². The van der Waals surface area contributed by atoms with Crippen LogP contribution in [0.3, 0.4) is 0 Å². The standard InChI is InChI=1S/C11H7N3O3/c15-11(16)9-10-13-7(8-2-1-5-17-8)6-14(10)4-3-12-9/h1-6H,(H,15,16). The molecule has 0 saturated carbocycles. The molecule has 0 saturated heterocycles. The molecule has 6 nitrogen and oxygen atoms in total. The van der Waals surface area contributed by atoms with E-state index in [1.165, 1.54) is 12.5 Å². The monoisotopic (exact) mass is 229 g/mol. The molecular weight excluding hydrogens is 222 g/mol. The highest BCUT2D eigenvalue weighted by Gasteiger charge is 2.14. The predicted molar refractivity (Wildman–Crippen MR) is 57.6 cm³/mol. The summed E-state index contributed by atoms with van der Waals surface area (Å²) in [5, 5.41) is 8.98. The van der Waals surface area contributed by atoms with Gasteiger partial charge in [0.05, 0.1) is 6.26 Å². The minimum Gasteiger partial charge on any atom is -0.476 e. The van der Waals surface area contributed by atoms with Gasteiger partial charge in [0, 0.05) is 18.6 Å². The van der Waals surface area contributed by atoms with E-state index in [4.69, 9.17) is 9.52 Å². The maximum atomic E-state index is 11.0. The lowest BCUT2D eigenvalue weighted by Crippen LogP contribution is -2.03. The number of carboxylic acids is 1. The van der Waals surface area contributed by atoms with Gasteiger partial charge in [0.1, 0.15) is 5.69 Å². The number of hydrogen-bond acceptors (Lipinski definition) is 4. The molecule has 0 aromatic carbocycles. The van der Waals surface area contributed by atoms with E-state index in [1.54, 1.807) is 28.9 Å². The molecule has 0 aliphatic carbocycles. The molecule has 0 radical (unpaired) electrons. The van der Waals surface area contributed by atoms with E-state index in [-0.39, 0.29) is 5.69 Å². The Hall–Kier alpha value is -2.63. The van der Waals surface area contributed by atoms with Crippen molar-refractivity contribution in [2.45, 2.75) is 0 Å². The van der Waals surface area contributed by atoms with Crippen LogP contribution < -0.4 is 0 Å². The average Bonchev–Trinajstić information content (AvgIpc) is 2.96. The van der Waals surface area contributed by atoms with Crippen molar-refractivity contribution in [3.63, 3.8) is 0 Å². The van der Waals surface area contributed by atoms with Crippen LogP contribution in [-0.2, 0) is 0 Å². The van der Waals surface area contributed by atoms with Crippen molar-refractivity contribution < 1.29 is 14.3 Å². The van der Waals surface area contributed by atoms with E-state index < -0.39 is 5.97 Å². The van der Waals surface area contributed by atoms with Crippen LogP contribution >= 0.6 is 0 Å². The molecule has 17 heavy (non-hydrogen) atoms. The largest absolute Gasteiger partial charge is 0.476 e. The number of carbonyl (C=O) groups is 1. The van der Waals surface area contributed by atoms with Crippen molar-refractivity contribution in [1.82, 2.24) is 14.4 Å². The summed E-state index contributed by atoms with van der Waals surface area (Å²) in [5.74, 6) is -0.516. The fraction of sp³-hybridized carbons (Fsp3) is 0. The van der Waals surface area contributed by atoms with E-state index in [0.717, 1.165) is 0 Å². The predicted octanol–water partition coefficient (Wildman–Crippen LogP) is 1.69. The van der Waals surface area contributed by atoms with E-state index in [2.05, 4.69) is 9.97 Å². The zero-order chi connectivity index (χ0) is 11.8. The quantitative estimate of drug-likeness (QED) is 0.723. The van der Waals surface area contributed by atoms with Gasteiger partial charge in [0.25, 0.3) is 0 Å². The lowest BCUT2D eigenvalue weighted by Gasteiger charge is -1.95. The van der Waals surface area contributed by atoms with Gasteiger partial charge in [0.15, 0.2) is 17.1 Å². The van der Waals surface area contributed by atoms with Crippen LogP contribution in [0, 0.1) is 0 Å². The summed E-state index contributed by atoms with van der Waals surface area (Å²) in [6.07, 6.45) is 6.29. The highest BCUT2D eigenvalue weighted by Crippen LogP contribution is 2.20. The molecule has 0 atom stereocenters. The smallest absolute Gasteiger partial charge is 0.358 e. The molecule has 0 unspecified atom stereocenters. The molecule has 3 aromatic rings. The molecule has 0 fully saturated rings. The van der Waals surface area contributed by atoms with Crippen LogP contribution in [0.4, 0.5) is 0 Å². The molecule has 3 rings (SSSR count). The summed E-state index contributed by atoms with van der Waals surface area (Å²) in [7, 11) is 0. The maximum Gasteiger partial charge on any atom is 0.358 e. The normalized spacial score (nSPS) is 10.8. The van der Waals surface area contributed by atoms with Crippen LogP contribution in [0.15, 0.2) is 41.4 Å². The van der Waals surface area contributed by atoms with Gasteiger partial charge in [-0.05, 0) is 12.1 Å². The van der Waals surface area contributed by atoms with Crippen molar-refractivity contribution in [3.8, 4) is 11.5 Å². The Morgan fingerprint density at radius 2 is 2.35 bits per heavy atom. The molecule has 0 spiro atoms. The number of aromatic nitrogens is 3. The van der Waals surface area contributed by atoms with Gasteiger partial charge in [-0.2, -0.15) is 0 Å². The molecule has 0 bridgehead atoms. The van der Waals surface area contributed by atoms with Gasteiger partial charge in [-0.15, -0.1) is 0 Å². The second-order valence-electron chi connectivity index (χ2n) is 3.42. The van der Waals surface area contributed by atoms with Crippen LogP contribution in [-0.4, -0.2) is 25.4 Å². The highest BCUT2D eigenvalue weighted by molar-refractivity contribution is 5.92. The molecule has 0 amide bonds. The minimum atomic E-state index is -1.10. The lowest BCUT2D eigenvalue weighted by molar-refractivity contribution is 0.0692. The zero-order valence-electron chi connectivity index (χ0n) is 8.57. The third-order valence-electron chi connectivity index (χ3n) is 2.35. The Morgan fingerprint density at radius 3 is 3.06 bits per heavy atom. The average molecular weight is 229 g/mol. The summed E-state index contributed by atoms with van der Waals surface area (Å²) in [6, 6.07) is 3.51. The van der Waals surface area contributed by atoms with Gasteiger partial charge in [0.2, 0.25) is 0 Å². The zero-order valence-corrected chi connectivity index (χ0v) is 8.57. The SMILES string of the molecule is O=C(O)c1nccn2cc(-c3ccco3)nc12.